The number of alkyl halides is 1. The molecule has 4 saturated heterocycles. The molecular formula is C60H84BBr2ClN12O10. The van der Waals surface area contributed by atoms with E-state index in [1.807, 2.05) is 64.5 Å². The summed E-state index contributed by atoms with van der Waals surface area (Å²) in [5, 5.41) is 8.54. The summed E-state index contributed by atoms with van der Waals surface area (Å²) in [5.41, 5.74) is 18.2. The number of carbonyl (C=O) groups is 2. The molecule has 0 atom stereocenters. The maximum Gasteiger partial charge on any atom is 0.496 e. The van der Waals surface area contributed by atoms with Gasteiger partial charge < -0.3 is 49.6 Å². The molecule has 11 rings (SSSR count). The van der Waals surface area contributed by atoms with Gasteiger partial charge in [0, 0.05) is 153 Å². The van der Waals surface area contributed by atoms with E-state index < -0.39 is 19.2 Å². The van der Waals surface area contributed by atoms with Crippen molar-refractivity contribution in [1.29, 1.82) is 0 Å². The molecule has 5 aromatic rings. The van der Waals surface area contributed by atoms with E-state index in [0.29, 0.717) is 50.4 Å². The minimum atomic E-state index is -0.461. The van der Waals surface area contributed by atoms with Gasteiger partial charge in [-0.05, 0) is 137 Å². The minimum absolute atomic E-state index is 0.264. The van der Waals surface area contributed by atoms with E-state index in [-0.39, 0.29) is 17.8 Å². The number of pyridine rings is 5. The SMILES string of the molecule is Brc1cncc(COCCN2CCOCC2)c1.CC1(C)OB(c2cnc3c(c2)CCCN3C(N)=O)OC1(C)C.ClCc1cncc(Br)c1.NC(=O)N1CCCc2cc(-c3cncc(COCCN4CCOCC4)c3)cnc21.OCCN1CCOCC1. The van der Waals surface area contributed by atoms with E-state index in [0.717, 1.165) is 184 Å². The molecule has 4 amide bonds. The van der Waals surface area contributed by atoms with Crippen LogP contribution in [-0.2, 0) is 64.9 Å². The number of hydrogen-bond donors (Lipinski definition) is 3. The third-order valence-electron chi connectivity index (χ3n) is 15.3. The van der Waals surface area contributed by atoms with Gasteiger partial charge in [0.25, 0.3) is 0 Å². The third-order valence-corrected chi connectivity index (χ3v) is 16.5. The molecule has 468 valence electrons. The van der Waals surface area contributed by atoms with Crippen molar-refractivity contribution in [3.8, 4) is 11.1 Å². The van der Waals surface area contributed by atoms with E-state index in [9.17, 15) is 9.59 Å². The maximum atomic E-state index is 11.6. The minimum Gasteiger partial charge on any atom is -0.399 e. The summed E-state index contributed by atoms with van der Waals surface area (Å²) in [6.45, 7) is 25.7. The average Bonchev–Trinajstić information content (AvgIpc) is 2.23. The number of aliphatic hydroxyl groups is 1. The number of anilines is 2. The first-order chi connectivity index (χ1) is 41.5. The summed E-state index contributed by atoms with van der Waals surface area (Å²) in [6.07, 6.45) is 17.8. The Bertz CT molecular complexity index is 2870. The van der Waals surface area contributed by atoms with Crippen LogP contribution in [0.2, 0.25) is 0 Å². The van der Waals surface area contributed by atoms with Gasteiger partial charge >= 0.3 is 19.2 Å². The quantitative estimate of drug-likeness (QED) is 0.0565. The van der Waals surface area contributed by atoms with Crippen LogP contribution in [0.15, 0.2) is 88.9 Å². The van der Waals surface area contributed by atoms with Gasteiger partial charge in [-0.15, -0.1) is 11.6 Å². The Kier molecular flexibility index (Phi) is 28.2. The molecule has 86 heavy (non-hydrogen) atoms. The van der Waals surface area contributed by atoms with Crippen LogP contribution in [0.4, 0.5) is 21.2 Å². The number of aliphatic hydroxyl groups excluding tert-OH is 1. The van der Waals surface area contributed by atoms with E-state index in [1.54, 1.807) is 35.9 Å². The van der Waals surface area contributed by atoms with Crippen LogP contribution in [-0.4, -0.2) is 207 Å². The molecule has 0 aromatic carbocycles. The largest absolute Gasteiger partial charge is 0.496 e. The summed E-state index contributed by atoms with van der Waals surface area (Å²) in [7, 11) is -0.438. The summed E-state index contributed by atoms with van der Waals surface area (Å²) >= 11 is 12.2. The molecule has 6 aliphatic rings. The number of urea groups is 2. The van der Waals surface area contributed by atoms with Gasteiger partial charge in [-0.25, -0.2) is 19.6 Å². The number of ether oxygens (including phenoxy) is 5. The van der Waals surface area contributed by atoms with Crippen molar-refractivity contribution in [2.75, 3.05) is 141 Å². The molecule has 26 heteroatoms. The molecule has 0 bridgehead atoms. The van der Waals surface area contributed by atoms with Crippen LogP contribution in [0.25, 0.3) is 11.1 Å². The lowest BCUT2D eigenvalue weighted by molar-refractivity contribution is 0.00578. The molecule has 11 heterocycles. The molecular weight excluding hydrogens is 1250 g/mol. The number of aromatic nitrogens is 5. The Balaban J connectivity index is 0.000000165. The molecule has 0 aliphatic carbocycles. The smallest absolute Gasteiger partial charge is 0.399 e. The number of nitrogens with zero attached hydrogens (tertiary/aromatic N) is 10. The number of β-amino-alcohol motifs (C(OH)–C–C–N with tert-alkyl or cyclic N) is 1. The number of hydrogen-bond acceptors (Lipinski definition) is 18. The van der Waals surface area contributed by atoms with Crippen molar-refractivity contribution in [1.82, 2.24) is 39.6 Å². The fraction of sp³-hybridized carbons (Fsp3) is 0.550. The average molecular weight is 1340 g/mol. The number of morpholine rings is 3. The Morgan fingerprint density at radius 3 is 1.48 bits per heavy atom. The number of amides is 4. The van der Waals surface area contributed by atoms with Crippen LogP contribution < -0.4 is 26.7 Å². The van der Waals surface area contributed by atoms with Crippen LogP contribution in [0.5, 0.6) is 0 Å². The fourth-order valence-corrected chi connectivity index (χ4v) is 10.8. The molecule has 0 radical (unpaired) electrons. The van der Waals surface area contributed by atoms with Crippen molar-refractivity contribution in [2.45, 2.75) is 83.7 Å². The lowest BCUT2D eigenvalue weighted by Gasteiger charge is -2.32. The lowest BCUT2D eigenvalue weighted by atomic mass is 9.79. The van der Waals surface area contributed by atoms with Crippen molar-refractivity contribution < 1.29 is 47.7 Å². The van der Waals surface area contributed by atoms with Gasteiger partial charge in [0.15, 0.2) is 0 Å². The summed E-state index contributed by atoms with van der Waals surface area (Å²) in [5.74, 6) is 1.84. The van der Waals surface area contributed by atoms with Crippen molar-refractivity contribution >= 4 is 79.7 Å². The highest BCUT2D eigenvalue weighted by molar-refractivity contribution is 9.10. The number of fused-ring (bicyclic) bond motifs is 2. The molecule has 22 nitrogen and oxygen atoms in total. The van der Waals surface area contributed by atoms with Crippen molar-refractivity contribution in [3.63, 3.8) is 0 Å². The number of nitrogens with two attached hydrogens (primary N) is 2. The predicted octanol–water partition coefficient (Wildman–Crippen LogP) is 6.62. The number of rotatable bonds is 15. The maximum absolute atomic E-state index is 11.6. The van der Waals surface area contributed by atoms with Crippen LogP contribution in [0, 0.1) is 0 Å². The molecule has 5 aromatic heterocycles. The highest BCUT2D eigenvalue weighted by Gasteiger charge is 2.52. The Labute approximate surface area is 528 Å². The second kappa shape index (κ2) is 35.4. The Hall–Kier alpha value is -4.84. The lowest BCUT2D eigenvalue weighted by Crippen LogP contribution is -2.41. The second-order valence-corrected chi connectivity index (χ2v) is 24.3. The van der Waals surface area contributed by atoms with Gasteiger partial charge in [0.2, 0.25) is 0 Å². The summed E-state index contributed by atoms with van der Waals surface area (Å²) in [6, 6.07) is 9.24. The van der Waals surface area contributed by atoms with Gasteiger partial charge in [0.05, 0.1) is 83.9 Å². The number of carbonyl (C=O) groups excluding carboxylic acids is 2. The molecule has 0 unspecified atom stereocenters. The van der Waals surface area contributed by atoms with Gasteiger partial charge in [-0.2, -0.15) is 0 Å². The summed E-state index contributed by atoms with van der Waals surface area (Å²) < 4.78 is 41.3. The summed E-state index contributed by atoms with van der Waals surface area (Å²) in [4.78, 5) is 54.4. The zero-order chi connectivity index (χ0) is 61.3. The monoisotopic (exact) mass is 1340 g/mol. The van der Waals surface area contributed by atoms with Crippen molar-refractivity contribution in [3.05, 3.63) is 117 Å². The van der Waals surface area contributed by atoms with Crippen LogP contribution >= 0.6 is 43.5 Å². The first-order valence-electron chi connectivity index (χ1n) is 29.4. The van der Waals surface area contributed by atoms with E-state index in [1.165, 1.54) is 4.90 Å². The highest BCUT2D eigenvalue weighted by atomic mass is 79.9. The molecule has 4 fully saturated rings. The second-order valence-electron chi connectivity index (χ2n) is 22.2. The number of aryl methyl sites for hydroxylation is 2. The highest BCUT2D eigenvalue weighted by Crippen LogP contribution is 2.37. The standard InChI is InChI=1S/C21H27N5O3.C15H22BN3O3.C12H17BrN2O2.C6H5BrClN.C6H13NO2/c22-21(27)26-3-1-2-17-11-19(14-24-20(17)26)18-10-16(12-23-13-18)15-29-9-6-25-4-7-28-8-5-25;1-14(2)15(3,4)22-16(21-14)11-8-10-6-5-7-19(13(17)20)12(10)18-9-11;13-12-7-11(8-14-9-12)10-17-6-3-15-1-4-16-5-2-15;7-6-1-5(2-8)3-9-4-6;8-4-1-7-2-5-9-6-3-7/h10-14H,1-9,15H2,(H2,22,27);8-9H,5-7H2,1-4H3,(H2,17,20);7-9H,1-6,10H2;1,3-4H,2H2;8H,1-6H2. The fourth-order valence-electron chi connectivity index (χ4n) is 9.81. The third kappa shape index (κ3) is 21.7. The van der Waals surface area contributed by atoms with Gasteiger partial charge in [-0.3, -0.25) is 39.5 Å². The Morgan fingerprint density at radius 2 is 1.01 bits per heavy atom. The van der Waals surface area contributed by atoms with Gasteiger partial charge in [0.1, 0.15) is 11.6 Å². The van der Waals surface area contributed by atoms with Crippen molar-refractivity contribution in [2.24, 2.45) is 11.5 Å². The van der Waals surface area contributed by atoms with Gasteiger partial charge in [-0.1, -0.05) is 6.07 Å². The zero-order valence-corrected chi connectivity index (χ0v) is 54.0. The molecule has 5 N–H and O–H groups in total. The Morgan fingerprint density at radius 1 is 0.581 bits per heavy atom. The van der Waals surface area contributed by atoms with Crippen LogP contribution in [0.1, 0.15) is 68.4 Å². The molecule has 6 aliphatic heterocycles. The first-order valence-corrected chi connectivity index (χ1v) is 31.5. The van der Waals surface area contributed by atoms with Crippen LogP contribution in [0.3, 0.4) is 0 Å². The predicted molar refractivity (Wildman–Crippen MR) is 340 cm³/mol. The van der Waals surface area contributed by atoms with E-state index in [4.69, 9.17) is 61.2 Å². The number of primary amides is 2. The molecule has 0 saturated carbocycles. The van der Waals surface area contributed by atoms with E-state index >= 15 is 0 Å². The normalized spacial score (nSPS) is 18.3. The van der Waals surface area contributed by atoms with E-state index in [2.05, 4.69) is 83.6 Å². The first kappa shape index (κ1) is 68.7. The molecule has 0 spiro atoms. The zero-order valence-electron chi connectivity index (χ0n) is 50.1. The topological polar surface area (TPSA) is 252 Å². The number of halogens is 3.